The second-order valence-electron chi connectivity index (χ2n) is 6.18. The van der Waals surface area contributed by atoms with Gasteiger partial charge >= 0.3 is 6.09 Å². The molecule has 0 saturated carbocycles. The second-order valence-corrected chi connectivity index (χ2v) is 6.18. The Morgan fingerprint density at radius 2 is 1.71 bits per heavy atom. The lowest BCUT2D eigenvalue weighted by Crippen LogP contribution is -2.55. The van der Waals surface area contributed by atoms with Crippen molar-refractivity contribution in [3.8, 4) is 0 Å². The highest BCUT2D eigenvalue weighted by Crippen LogP contribution is 2.19. The highest BCUT2D eigenvalue weighted by Gasteiger charge is 2.35. The van der Waals surface area contributed by atoms with Gasteiger partial charge in [-0.1, -0.05) is 30.3 Å². The third kappa shape index (κ3) is 4.48. The highest BCUT2D eigenvalue weighted by atomic mass is 16.4. The molecule has 1 rings (SSSR count). The predicted octanol–water partition coefficient (Wildman–Crippen LogP) is 2.81. The molecule has 0 aliphatic carbocycles. The summed E-state index contributed by atoms with van der Waals surface area (Å²) in [5.74, 6) is -0.212. The highest BCUT2D eigenvalue weighted by molar-refractivity contribution is 5.85. The molecule has 0 spiro atoms. The van der Waals surface area contributed by atoms with Gasteiger partial charge in [0.1, 0.15) is 6.04 Å². The molecule has 116 valence electrons. The number of likely N-dealkylation sites (N-methyl/N-ethyl adjacent to an activating group) is 1. The van der Waals surface area contributed by atoms with Crippen LogP contribution in [0.5, 0.6) is 0 Å². The molecule has 0 fully saturated rings. The van der Waals surface area contributed by atoms with Gasteiger partial charge in [0.2, 0.25) is 5.91 Å². The van der Waals surface area contributed by atoms with E-state index in [1.165, 1.54) is 4.90 Å². The summed E-state index contributed by atoms with van der Waals surface area (Å²) in [5, 5.41) is 9.35. The zero-order valence-electron chi connectivity index (χ0n) is 13.3. The number of carbonyl (C=O) groups is 2. The first-order valence-corrected chi connectivity index (χ1v) is 6.95. The van der Waals surface area contributed by atoms with Crippen molar-refractivity contribution < 1.29 is 14.7 Å². The number of rotatable bonds is 4. The van der Waals surface area contributed by atoms with Crippen LogP contribution in [0.25, 0.3) is 0 Å². The zero-order valence-corrected chi connectivity index (χ0v) is 13.3. The fraction of sp³-hybridized carbons (Fsp3) is 0.500. The molecule has 1 atom stereocenters. The molecule has 0 radical (unpaired) electrons. The van der Waals surface area contributed by atoms with Gasteiger partial charge in [0.15, 0.2) is 0 Å². The van der Waals surface area contributed by atoms with E-state index in [9.17, 15) is 14.7 Å². The molecule has 1 aromatic rings. The van der Waals surface area contributed by atoms with Gasteiger partial charge in [0.25, 0.3) is 0 Å². The fourth-order valence-corrected chi connectivity index (χ4v) is 2.40. The Kier molecular flexibility index (Phi) is 5.35. The summed E-state index contributed by atoms with van der Waals surface area (Å²) < 4.78 is 0. The molecular formula is C16H24N2O3. The number of carbonyl (C=O) groups excluding carboxylic acids is 1. The number of amides is 2. The standard InChI is InChI=1S/C16H24N2O3/c1-12(18(15(20)21)16(2,3)4)14(19)17(5)11-13-9-7-6-8-10-13/h6-10,12H,11H2,1-5H3,(H,20,21)/t12-/m1/s1. The van der Waals surface area contributed by atoms with Crippen LogP contribution >= 0.6 is 0 Å². The van der Waals surface area contributed by atoms with Gasteiger partial charge in [-0.3, -0.25) is 9.69 Å². The molecule has 0 heterocycles. The van der Waals surface area contributed by atoms with Crippen LogP contribution in [0.15, 0.2) is 30.3 Å². The Morgan fingerprint density at radius 1 is 1.19 bits per heavy atom. The van der Waals surface area contributed by atoms with E-state index in [1.54, 1.807) is 39.6 Å². The molecule has 5 heteroatoms. The smallest absolute Gasteiger partial charge is 0.408 e. The summed E-state index contributed by atoms with van der Waals surface area (Å²) in [6.07, 6.45) is -1.09. The van der Waals surface area contributed by atoms with Crippen LogP contribution in [0.1, 0.15) is 33.3 Å². The summed E-state index contributed by atoms with van der Waals surface area (Å²) in [7, 11) is 1.69. The first-order valence-electron chi connectivity index (χ1n) is 6.95. The average Bonchev–Trinajstić information content (AvgIpc) is 2.36. The molecule has 0 bridgehead atoms. The van der Waals surface area contributed by atoms with Gasteiger partial charge in [-0.25, -0.2) is 4.79 Å². The maximum Gasteiger partial charge on any atom is 0.408 e. The minimum Gasteiger partial charge on any atom is -0.465 e. The number of hydrogen-bond donors (Lipinski definition) is 1. The van der Waals surface area contributed by atoms with Crippen molar-refractivity contribution in [3.63, 3.8) is 0 Å². The van der Waals surface area contributed by atoms with E-state index in [0.29, 0.717) is 6.54 Å². The third-order valence-corrected chi connectivity index (χ3v) is 3.31. The molecule has 0 aliphatic heterocycles. The van der Waals surface area contributed by atoms with Crippen LogP contribution in [0.4, 0.5) is 4.79 Å². The van der Waals surface area contributed by atoms with E-state index in [4.69, 9.17) is 0 Å². The average molecular weight is 292 g/mol. The van der Waals surface area contributed by atoms with Crippen LogP contribution in [-0.2, 0) is 11.3 Å². The monoisotopic (exact) mass is 292 g/mol. The molecule has 2 amide bonds. The van der Waals surface area contributed by atoms with Crippen molar-refractivity contribution in [2.24, 2.45) is 0 Å². The molecule has 5 nitrogen and oxygen atoms in total. The summed E-state index contributed by atoms with van der Waals surface area (Å²) >= 11 is 0. The molecule has 1 aromatic carbocycles. The van der Waals surface area contributed by atoms with Crippen LogP contribution in [0.2, 0.25) is 0 Å². The zero-order chi connectivity index (χ0) is 16.2. The summed E-state index contributed by atoms with van der Waals surface area (Å²) in [6.45, 7) is 7.43. The molecule has 21 heavy (non-hydrogen) atoms. The van der Waals surface area contributed by atoms with Gasteiger partial charge in [-0.2, -0.15) is 0 Å². The van der Waals surface area contributed by atoms with Gasteiger partial charge in [0.05, 0.1) is 0 Å². The van der Waals surface area contributed by atoms with Gasteiger partial charge in [0, 0.05) is 19.1 Å². The molecule has 0 saturated heterocycles. The SMILES string of the molecule is C[C@H](C(=O)N(C)Cc1ccccc1)N(C(=O)O)C(C)(C)C. The lowest BCUT2D eigenvalue weighted by molar-refractivity contribution is -0.136. The minimum absolute atomic E-state index is 0.212. The Labute approximate surface area is 126 Å². The number of carboxylic acid groups (broad SMARTS) is 1. The lowest BCUT2D eigenvalue weighted by Gasteiger charge is -2.38. The van der Waals surface area contributed by atoms with Gasteiger partial charge < -0.3 is 10.0 Å². The van der Waals surface area contributed by atoms with E-state index in [-0.39, 0.29) is 5.91 Å². The Bertz CT molecular complexity index is 494. The topological polar surface area (TPSA) is 60.9 Å². The summed E-state index contributed by atoms with van der Waals surface area (Å²) in [6, 6.07) is 8.89. The van der Waals surface area contributed by atoms with Gasteiger partial charge in [-0.15, -0.1) is 0 Å². The fourth-order valence-electron chi connectivity index (χ4n) is 2.40. The minimum atomic E-state index is -1.09. The molecule has 0 unspecified atom stereocenters. The van der Waals surface area contributed by atoms with Crippen molar-refractivity contribution in [2.75, 3.05) is 7.05 Å². The summed E-state index contributed by atoms with van der Waals surface area (Å²) in [5.41, 5.74) is 0.382. The van der Waals surface area contributed by atoms with Crippen molar-refractivity contribution in [1.82, 2.24) is 9.80 Å². The number of benzene rings is 1. The second kappa shape index (κ2) is 6.61. The molecule has 1 N–H and O–H groups in total. The first kappa shape index (κ1) is 17.0. The van der Waals surface area contributed by atoms with E-state index >= 15 is 0 Å². The Balaban J connectivity index is 2.83. The predicted molar refractivity (Wildman–Crippen MR) is 82.0 cm³/mol. The number of nitrogens with zero attached hydrogens (tertiary/aromatic N) is 2. The van der Waals surface area contributed by atoms with Gasteiger partial charge in [-0.05, 0) is 33.3 Å². The number of hydrogen-bond acceptors (Lipinski definition) is 2. The maximum atomic E-state index is 12.5. The van der Waals surface area contributed by atoms with Crippen molar-refractivity contribution in [2.45, 2.75) is 45.8 Å². The van der Waals surface area contributed by atoms with Crippen molar-refractivity contribution in [3.05, 3.63) is 35.9 Å². The third-order valence-electron chi connectivity index (χ3n) is 3.31. The van der Waals surface area contributed by atoms with E-state index in [0.717, 1.165) is 5.56 Å². The Morgan fingerprint density at radius 3 is 2.14 bits per heavy atom. The van der Waals surface area contributed by atoms with Crippen molar-refractivity contribution in [1.29, 1.82) is 0 Å². The van der Waals surface area contributed by atoms with Crippen LogP contribution < -0.4 is 0 Å². The summed E-state index contributed by atoms with van der Waals surface area (Å²) in [4.78, 5) is 26.6. The van der Waals surface area contributed by atoms with E-state index in [1.807, 2.05) is 30.3 Å². The van der Waals surface area contributed by atoms with E-state index in [2.05, 4.69) is 0 Å². The van der Waals surface area contributed by atoms with Crippen LogP contribution in [0, 0.1) is 0 Å². The lowest BCUT2D eigenvalue weighted by atomic mass is 10.0. The molecule has 0 aliphatic rings. The largest absolute Gasteiger partial charge is 0.465 e. The Hall–Kier alpha value is -2.04. The first-order chi connectivity index (χ1) is 9.64. The van der Waals surface area contributed by atoms with Crippen LogP contribution in [-0.4, -0.2) is 45.5 Å². The van der Waals surface area contributed by atoms with Crippen molar-refractivity contribution >= 4 is 12.0 Å². The molecule has 0 aromatic heterocycles. The van der Waals surface area contributed by atoms with Crippen LogP contribution in [0.3, 0.4) is 0 Å². The maximum absolute atomic E-state index is 12.5. The normalized spacial score (nSPS) is 12.6. The quantitative estimate of drug-likeness (QED) is 0.928. The molecular weight excluding hydrogens is 268 g/mol. The van der Waals surface area contributed by atoms with E-state index < -0.39 is 17.7 Å².